The van der Waals surface area contributed by atoms with Crippen molar-refractivity contribution in [3.05, 3.63) is 0 Å². The average Bonchev–Trinajstić information content (AvgIpc) is 2.47. The highest BCUT2D eigenvalue weighted by Crippen LogP contribution is 2.26. The lowest BCUT2D eigenvalue weighted by atomic mass is 10.2. The number of hydrogen-bond donors (Lipinski definition) is 2. The SMILES string of the molecule is CCO[Si](CCCCCCN)(CCCCCCN)OCC. The summed E-state index contributed by atoms with van der Waals surface area (Å²) >= 11 is 0. The van der Waals surface area contributed by atoms with Gasteiger partial charge in [-0.05, 0) is 51.9 Å². The fourth-order valence-corrected chi connectivity index (χ4v) is 6.31. The van der Waals surface area contributed by atoms with Crippen molar-refractivity contribution in [1.29, 1.82) is 0 Å². The summed E-state index contributed by atoms with van der Waals surface area (Å²) < 4.78 is 12.3. The Morgan fingerprint density at radius 3 is 1.33 bits per heavy atom. The normalized spacial score (nSPS) is 12.0. The van der Waals surface area contributed by atoms with Gasteiger partial charge in [0.15, 0.2) is 0 Å². The minimum atomic E-state index is -1.98. The van der Waals surface area contributed by atoms with Crippen LogP contribution in [0.15, 0.2) is 0 Å². The van der Waals surface area contributed by atoms with Crippen LogP contribution >= 0.6 is 0 Å². The summed E-state index contributed by atoms with van der Waals surface area (Å²) in [6.45, 7) is 7.34. The van der Waals surface area contributed by atoms with Gasteiger partial charge in [0.25, 0.3) is 0 Å². The Labute approximate surface area is 133 Å². The quantitative estimate of drug-likeness (QED) is 0.337. The second-order valence-corrected chi connectivity index (χ2v) is 9.08. The summed E-state index contributed by atoms with van der Waals surface area (Å²) in [5.41, 5.74) is 11.1. The van der Waals surface area contributed by atoms with Crippen LogP contribution in [0.2, 0.25) is 12.1 Å². The van der Waals surface area contributed by atoms with E-state index in [-0.39, 0.29) is 0 Å². The van der Waals surface area contributed by atoms with Gasteiger partial charge in [-0.15, -0.1) is 0 Å². The first kappa shape index (κ1) is 21.1. The molecule has 0 amide bonds. The summed E-state index contributed by atoms with van der Waals surface area (Å²) in [4.78, 5) is 0. The minimum Gasteiger partial charge on any atom is -0.394 e. The molecule has 0 spiro atoms. The molecule has 0 saturated heterocycles. The van der Waals surface area contributed by atoms with Gasteiger partial charge < -0.3 is 20.3 Å². The van der Waals surface area contributed by atoms with Crippen molar-refractivity contribution in [2.45, 2.75) is 77.3 Å². The van der Waals surface area contributed by atoms with E-state index in [1.54, 1.807) is 0 Å². The molecular weight excluding hydrogens is 280 g/mol. The van der Waals surface area contributed by atoms with E-state index in [1.165, 1.54) is 38.5 Å². The van der Waals surface area contributed by atoms with Gasteiger partial charge in [-0.25, -0.2) is 0 Å². The highest BCUT2D eigenvalue weighted by atomic mass is 28.4. The van der Waals surface area contributed by atoms with Gasteiger partial charge in [-0.3, -0.25) is 0 Å². The molecule has 5 heteroatoms. The molecule has 0 atom stereocenters. The van der Waals surface area contributed by atoms with Crippen molar-refractivity contribution in [2.75, 3.05) is 26.3 Å². The van der Waals surface area contributed by atoms with E-state index in [0.29, 0.717) is 0 Å². The molecule has 0 bridgehead atoms. The minimum absolute atomic E-state index is 0.776. The van der Waals surface area contributed by atoms with Crippen molar-refractivity contribution < 1.29 is 8.85 Å². The molecule has 4 nitrogen and oxygen atoms in total. The number of unbranched alkanes of at least 4 members (excludes halogenated alkanes) is 6. The van der Waals surface area contributed by atoms with Crippen LogP contribution in [0.3, 0.4) is 0 Å². The zero-order chi connectivity index (χ0) is 15.8. The Kier molecular flexibility index (Phi) is 15.0. The van der Waals surface area contributed by atoms with Gasteiger partial charge in [-0.2, -0.15) is 0 Å². The lowest BCUT2D eigenvalue weighted by Crippen LogP contribution is -2.42. The zero-order valence-electron chi connectivity index (χ0n) is 14.4. The van der Waals surface area contributed by atoms with Crippen LogP contribution < -0.4 is 11.5 Å². The molecule has 0 rings (SSSR count). The lowest BCUT2D eigenvalue weighted by Gasteiger charge is -2.30. The molecule has 0 aliphatic heterocycles. The maximum atomic E-state index is 6.15. The molecule has 0 saturated carbocycles. The molecule has 0 aromatic rings. The first-order valence-corrected chi connectivity index (χ1v) is 11.2. The highest BCUT2D eigenvalue weighted by molar-refractivity contribution is 6.67. The van der Waals surface area contributed by atoms with Crippen LogP contribution in [0.4, 0.5) is 0 Å². The van der Waals surface area contributed by atoms with Gasteiger partial charge in [0.1, 0.15) is 0 Å². The molecule has 0 aromatic carbocycles. The molecule has 0 fully saturated rings. The third-order valence-corrected chi connectivity index (χ3v) is 7.70. The summed E-state index contributed by atoms with van der Waals surface area (Å²) in [5, 5.41) is 0. The second kappa shape index (κ2) is 15.0. The van der Waals surface area contributed by atoms with Crippen molar-refractivity contribution in [3.63, 3.8) is 0 Å². The first-order chi connectivity index (χ1) is 10.2. The van der Waals surface area contributed by atoms with Gasteiger partial charge in [0.05, 0.1) is 0 Å². The fraction of sp³-hybridized carbons (Fsp3) is 1.00. The predicted octanol–water partition coefficient (Wildman–Crippen LogP) is 3.54. The Bertz CT molecular complexity index is 196. The Hall–Kier alpha value is 0.0569. The lowest BCUT2D eigenvalue weighted by molar-refractivity contribution is 0.180. The largest absolute Gasteiger partial charge is 0.394 e. The highest BCUT2D eigenvalue weighted by Gasteiger charge is 2.35. The number of nitrogens with two attached hydrogens (primary N) is 2. The monoisotopic (exact) mass is 318 g/mol. The summed E-state index contributed by atoms with van der Waals surface area (Å²) in [6, 6.07) is 2.27. The van der Waals surface area contributed by atoms with Crippen molar-refractivity contribution in [3.8, 4) is 0 Å². The van der Waals surface area contributed by atoms with E-state index in [0.717, 1.165) is 51.2 Å². The van der Waals surface area contributed by atoms with E-state index in [2.05, 4.69) is 13.8 Å². The first-order valence-electron chi connectivity index (χ1n) is 8.92. The second-order valence-electron chi connectivity index (χ2n) is 5.68. The van der Waals surface area contributed by atoms with Crippen molar-refractivity contribution in [2.24, 2.45) is 11.5 Å². The number of hydrogen-bond acceptors (Lipinski definition) is 4. The Morgan fingerprint density at radius 1 is 0.619 bits per heavy atom. The Balaban J connectivity index is 4.16. The zero-order valence-corrected chi connectivity index (χ0v) is 15.4. The molecule has 0 radical (unpaired) electrons. The van der Waals surface area contributed by atoms with Gasteiger partial charge in [0, 0.05) is 13.2 Å². The molecule has 0 unspecified atom stereocenters. The smallest absolute Gasteiger partial charge is 0.338 e. The van der Waals surface area contributed by atoms with Crippen LogP contribution in [-0.4, -0.2) is 34.9 Å². The van der Waals surface area contributed by atoms with Crippen LogP contribution in [0.1, 0.15) is 65.2 Å². The molecule has 128 valence electrons. The topological polar surface area (TPSA) is 70.5 Å². The van der Waals surface area contributed by atoms with Crippen molar-refractivity contribution in [1.82, 2.24) is 0 Å². The molecule has 0 aliphatic rings. The summed E-state index contributed by atoms with van der Waals surface area (Å²) in [7, 11) is -1.98. The molecule has 0 aliphatic carbocycles. The third-order valence-electron chi connectivity index (χ3n) is 3.84. The van der Waals surface area contributed by atoms with E-state index in [9.17, 15) is 0 Å². The van der Waals surface area contributed by atoms with Gasteiger partial charge in [-0.1, -0.05) is 38.5 Å². The molecule has 0 aromatic heterocycles. The van der Waals surface area contributed by atoms with E-state index in [4.69, 9.17) is 20.3 Å². The van der Waals surface area contributed by atoms with Gasteiger partial charge >= 0.3 is 8.56 Å². The molecule has 21 heavy (non-hydrogen) atoms. The number of rotatable bonds is 16. The molecule has 0 heterocycles. The van der Waals surface area contributed by atoms with Crippen LogP contribution in [-0.2, 0) is 8.85 Å². The van der Waals surface area contributed by atoms with E-state index < -0.39 is 8.56 Å². The van der Waals surface area contributed by atoms with Crippen LogP contribution in [0, 0.1) is 0 Å². The van der Waals surface area contributed by atoms with Gasteiger partial charge in [0.2, 0.25) is 0 Å². The third kappa shape index (κ3) is 11.3. The molecular formula is C16H38N2O2Si. The predicted molar refractivity (Wildman–Crippen MR) is 93.7 cm³/mol. The summed E-state index contributed by atoms with van der Waals surface area (Å²) in [6.07, 6.45) is 9.67. The van der Waals surface area contributed by atoms with E-state index in [1.807, 2.05) is 0 Å². The van der Waals surface area contributed by atoms with Crippen molar-refractivity contribution >= 4 is 8.56 Å². The molecule has 4 N–H and O–H groups in total. The maximum Gasteiger partial charge on any atom is 0.338 e. The maximum absolute atomic E-state index is 6.15. The van der Waals surface area contributed by atoms with Crippen LogP contribution in [0.25, 0.3) is 0 Å². The fourth-order valence-electron chi connectivity index (χ4n) is 2.77. The average molecular weight is 319 g/mol. The standard InChI is InChI=1S/C16H38N2O2Si/c1-3-19-21(20-4-2,15-11-7-5-9-13-17)16-12-8-6-10-14-18/h3-18H2,1-2H3. The van der Waals surface area contributed by atoms with E-state index >= 15 is 0 Å². The Morgan fingerprint density at radius 2 is 1.00 bits per heavy atom. The summed E-state index contributed by atoms with van der Waals surface area (Å²) in [5.74, 6) is 0. The van der Waals surface area contributed by atoms with Crippen LogP contribution in [0.5, 0.6) is 0 Å².